The van der Waals surface area contributed by atoms with Gasteiger partial charge in [-0.05, 0) is 51.8 Å². The molecule has 1 aliphatic carbocycles. The number of nitrogens with one attached hydrogen (secondary N) is 1. The average Bonchev–Trinajstić information content (AvgIpc) is 3.27. The first kappa shape index (κ1) is 14.9. The highest BCUT2D eigenvalue weighted by Gasteiger charge is 2.52. The number of rotatable bonds is 7. The van der Waals surface area contributed by atoms with Gasteiger partial charge in [-0.3, -0.25) is 0 Å². The largest absolute Gasteiger partial charge is 0.491 e. The van der Waals surface area contributed by atoms with Crippen molar-refractivity contribution in [2.45, 2.75) is 32.2 Å². The average molecular weight is 277 g/mol. The van der Waals surface area contributed by atoms with Crippen LogP contribution in [0.4, 0.5) is 0 Å². The van der Waals surface area contributed by atoms with Gasteiger partial charge in [-0.2, -0.15) is 0 Å². The van der Waals surface area contributed by atoms with Gasteiger partial charge >= 0.3 is 5.97 Å². The van der Waals surface area contributed by atoms with Crippen molar-refractivity contribution in [1.82, 2.24) is 5.32 Å². The summed E-state index contributed by atoms with van der Waals surface area (Å²) in [4.78, 5) is 12.3. The van der Waals surface area contributed by atoms with E-state index in [9.17, 15) is 4.79 Å². The second kappa shape index (κ2) is 6.27. The number of esters is 1. The van der Waals surface area contributed by atoms with Gasteiger partial charge in [-0.15, -0.1) is 0 Å². The number of carbonyl (C=O) groups is 1. The van der Waals surface area contributed by atoms with Crippen LogP contribution in [0.5, 0.6) is 5.75 Å². The summed E-state index contributed by atoms with van der Waals surface area (Å²) in [5.74, 6) is 0.870. The molecule has 0 amide bonds. The number of ether oxygens (including phenoxy) is 2. The molecular formula is C16H23NO3. The third-order valence-electron chi connectivity index (χ3n) is 3.85. The minimum absolute atomic E-state index is 0.211. The fourth-order valence-corrected chi connectivity index (χ4v) is 2.39. The van der Waals surface area contributed by atoms with Crippen LogP contribution < -0.4 is 10.1 Å². The van der Waals surface area contributed by atoms with E-state index in [0.717, 1.165) is 18.6 Å². The highest BCUT2D eigenvalue weighted by Crippen LogP contribution is 2.40. The zero-order valence-corrected chi connectivity index (χ0v) is 12.4. The summed E-state index contributed by atoms with van der Waals surface area (Å²) in [6.07, 6.45) is 2.08. The van der Waals surface area contributed by atoms with Crippen molar-refractivity contribution in [3.63, 3.8) is 0 Å². The Bertz CT molecular complexity index is 453. The number of hydrogen-bond acceptors (Lipinski definition) is 4. The summed E-state index contributed by atoms with van der Waals surface area (Å²) >= 11 is 0. The molecule has 1 fully saturated rings. The first-order valence-corrected chi connectivity index (χ1v) is 7.18. The van der Waals surface area contributed by atoms with E-state index in [1.807, 2.05) is 38.1 Å². The molecule has 1 aliphatic rings. The van der Waals surface area contributed by atoms with Crippen LogP contribution >= 0.6 is 0 Å². The lowest BCUT2D eigenvalue weighted by Gasteiger charge is -2.31. The van der Waals surface area contributed by atoms with E-state index in [2.05, 4.69) is 5.32 Å². The molecule has 1 unspecified atom stereocenters. The van der Waals surface area contributed by atoms with Gasteiger partial charge in [-0.25, -0.2) is 4.79 Å². The summed E-state index contributed by atoms with van der Waals surface area (Å²) in [6, 6.07) is 7.84. The van der Waals surface area contributed by atoms with Crippen molar-refractivity contribution < 1.29 is 14.3 Å². The second-order valence-corrected chi connectivity index (χ2v) is 5.32. The van der Waals surface area contributed by atoms with Crippen molar-refractivity contribution in [3.05, 3.63) is 29.8 Å². The zero-order chi connectivity index (χ0) is 14.6. The van der Waals surface area contributed by atoms with Crippen LogP contribution in [0.25, 0.3) is 0 Å². The van der Waals surface area contributed by atoms with E-state index in [1.165, 1.54) is 5.56 Å². The molecule has 0 bridgehead atoms. The fourth-order valence-electron chi connectivity index (χ4n) is 2.39. The normalized spacial score (nSPS) is 17.4. The van der Waals surface area contributed by atoms with Gasteiger partial charge in [0, 0.05) is 0 Å². The van der Waals surface area contributed by atoms with E-state index in [-0.39, 0.29) is 5.97 Å². The predicted molar refractivity (Wildman–Crippen MR) is 77.8 cm³/mol. The molecule has 1 atom stereocenters. The van der Waals surface area contributed by atoms with Gasteiger partial charge < -0.3 is 14.8 Å². The predicted octanol–water partition coefficient (Wildman–Crippen LogP) is 2.31. The molecule has 4 nitrogen and oxygen atoms in total. The Hall–Kier alpha value is -1.55. The van der Waals surface area contributed by atoms with Crippen LogP contribution in [0.1, 0.15) is 25.3 Å². The van der Waals surface area contributed by atoms with E-state index in [4.69, 9.17) is 9.47 Å². The van der Waals surface area contributed by atoms with Crippen molar-refractivity contribution in [2.24, 2.45) is 5.92 Å². The van der Waals surface area contributed by atoms with Crippen LogP contribution in [0.2, 0.25) is 0 Å². The minimum atomic E-state index is -0.721. The minimum Gasteiger partial charge on any atom is -0.491 e. The van der Waals surface area contributed by atoms with Crippen LogP contribution in [0.3, 0.4) is 0 Å². The number of hydrogen-bond donors (Lipinski definition) is 1. The summed E-state index contributed by atoms with van der Waals surface area (Å²) < 4.78 is 11.0. The van der Waals surface area contributed by atoms with Gasteiger partial charge in [0.05, 0.1) is 6.61 Å². The van der Waals surface area contributed by atoms with Crippen molar-refractivity contribution >= 4 is 5.97 Å². The Morgan fingerprint density at radius 2 is 2.00 bits per heavy atom. The Morgan fingerprint density at radius 3 is 2.50 bits per heavy atom. The lowest BCUT2D eigenvalue weighted by molar-refractivity contribution is -0.153. The molecule has 0 radical (unpaired) electrons. The van der Waals surface area contributed by atoms with Gasteiger partial charge in [0.2, 0.25) is 0 Å². The first-order chi connectivity index (χ1) is 9.62. The van der Waals surface area contributed by atoms with Crippen LogP contribution in [-0.2, 0) is 9.53 Å². The smallest absolute Gasteiger partial charge is 0.330 e. The SMILES string of the molecule is CCOC(=O)C(COc1ccc(C)cc1)(NC)C1CC1. The lowest BCUT2D eigenvalue weighted by atomic mass is 9.94. The first-order valence-electron chi connectivity index (χ1n) is 7.18. The quantitative estimate of drug-likeness (QED) is 0.777. The Balaban J connectivity index is 2.07. The van der Waals surface area contributed by atoms with Gasteiger partial charge in [0.25, 0.3) is 0 Å². The number of benzene rings is 1. The fraction of sp³-hybridized carbons (Fsp3) is 0.562. The topological polar surface area (TPSA) is 47.6 Å². The van der Waals surface area contributed by atoms with Crippen LogP contribution in [-0.4, -0.2) is 31.8 Å². The number of likely N-dealkylation sites (N-methyl/N-ethyl adjacent to an activating group) is 1. The zero-order valence-electron chi connectivity index (χ0n) is 12.4. The Morgan fingerprint density at radius 1 is 1.35 bits per heavy atom. The van der Waals surface area contributed by atoms with E-state index < -0.39 is 5.54 Å². The molecule has 20 heavy (non-hydrogen) atoms. The molecule has 0 spiro atoms. The lowest BCUT2D eigenvalue weighted by Crippen LogP contribution is -2.57. The maximum atomic E-state index is 12.3. The molecule has 4 heteroatoms. The third-order valence-corrected chi connectivity index (χ3v) is 3.85. The maximum absolute atomic E-state index is 12.3. The maximum Gasteiger partial charge on any atom is 0.330 e. The molecule has 0 heterocycles. The van der Waals surface area contributed by atoms with Crippen LogP contribution in [0.15, 0.2) is 24.3 Å². The highest BCUT2D eigenvalue weighted by molar-refractivity contribution is 5.82. The van der Waals surface area contributed by atoms with Crippen LogP contribution in [0, 0.1) is 12.8 Å². The molecule has 0 aromatic heterocycles. The van der Waals surface area contributed by atoms with Crippen molar-refractivity contribution in [1.29, 1.82) is 0 Å². The molecule has 0 saturated heterocycles. The standard InChI is InChI=1S/C16H23NO3/c1-4-19-15(18)16(17-3,13-7-8-13)11-20-14-9-5-12(2)6-10-14/h5-6,9-10,13,17H,4,7-8,11H2,1-3H3. The molecular weight excluding hydrogens is 254 g/mol. The Kier molecular flexibility index (Phi) is 4.65. The molecule has 2 rings (SSSR count). The molecule has 1 saturated carbocycles. The van der Waals surface area contributed by atoms with E-state index >= 15 is 0 Å². The number of aryl methyl sites for hydroxylation is 1. The molecule has 1 aromatic carbocycles. The highest BCUT2D eigenvalue weighted by atomic mass is 16.5. The Labute approximate surface area is 120 Å². The van der Waals surface area contributed by atoms with Gasteiger partial charge in [0.15, 0.2) is 5.54 Å². The molecule has 1 N–H and O–H groups in total. The second-order valence-electron chi connectivity index (χ2n) is 5.32. The van der Waals surface area contributed by atoms with E-state index in [0.29, 0.717) is 19.1 Å². The van der Waals surface area contributed by atoms with Gasteiger partial charge in [0.1, 0.15) is 12.4 Å². The molecule has 1 aromatic rings. The summed E-state index contributed by atoms with van der Waals surface area (Å²) in [5.41, 5.74) is 0.464. The summed E-state index contributed by atoms with van der Waals surface area (Å²) in [6.45, 7) is 4.55. The van der Waals surface area contributed by atoms with Crippen molar-refractivity contribution in [3.8, 4) is 5.75 Å². The monoisotopic (exact) mass is 277 g/mol. The number of carbonyl (C=O) groups excluding carboxylic acids is 1. The summed E-state index contributed by atoms with van der Waals surface area (Å²) in [5, 5.41) is 3.14. The molecule has 0 aliphatic heterocycles. The third kappa shape index (κ3) is 3.12. The summed E-state index contributed by atoms with van der Waals surface area (Å²) in [7, 11) is 1.80. The van der Waals surface area contributed by atoms with Gasteiger partial charge in [-0.1, -0.05) is 17.7 Å². The van der Waals surface area contributed by atoms with E-state index in [1.54, 1.807) is 7.05 Å². The van der Waals surface area contributed by atoms with Crippen molar-refractivity contribution in [2.75, 3.05) is 20.3 Å². The molecule has 110 valence electrons.